The summed E-state index contributed by atoms with van der Waals surface area (Å²) in [7, 11) is 1.60. The summed E-state index contributed by atoms with van der Waals surface area (Å²) in [5.74, 6) is -1.31. The molecule has 3 aromatic rings. The van der Waals surface area contributed by atoms with Gasteiger partial charge in [-0.15, -0.1) is 0 Å². The molecule has 0 atom stereocenters. The molecule has 0 radical (unpaired) electrons. The molecule has 27 heavy (non-hydrogen) atoms. The lowest BCUT2D eigenvalue weighted by molar-refractivity contribution is -0.118. The first-order chi connectivity index (χ1) is 13.0. The van der Waals surface area contributed by atoms with E-state index >= 15 is 0 Å². The van der Waals surface area contributed by atoms with Gasteiger partial charge in [0, 0.05) is 31.2 Å². The number of fused-ring (bicyclic) bond motifs is 2. The van der Waals surface area contributed by atoms with Crippen LogP contribution in [0.4, 0.5) is 10.1 Å². The monoisotopic (exact) mass is 365 g/mol. The molecule has 0 unspecified atom stereocenters. The minimum absolute atomic E-state index is 0.125. The van der Waals surface area contributed by atoms with Gasteiger partial charge in [0.1, 0.15) is 11.6 Å². The molecule has 1 aliphatic rings. The molecule has 6 nitrogen and oxygen atoms in total. The lowest BCUT2D eigenvalue weighted by Crippen LogP contribution is -2.29. The van der Waals surface area contributed by atoms with Gasteiger partial charge in [-0.25, -0.2) is 4.39 Å². The number of ether oxygens (including phenoxy) is 1. The minimum atomic E-state index is -0.693. The average Bonchev–Trinajstić information content (AvgIpc) is 2.67. The van der Waals surface area contributed by atoms with Gasteiger partial charge in [0.05, 0.1) is 16.8 Å². The van der Waals surface area contributed by atoms with Crippen molar-refractivity contribution in [2.75, 3.05) is 19.0 Å². The molecule has 0 fully saturated rings. The lowest BCUT2D eigenvalue weighted by Gasteiger charge is -2.22. The number of carbonyl (C=O) groups excluding carboxylic acids is 2. The molecule has 1 N–H and O–H groups in total. The predicted molar refractivity (Wildman–Crippen MR) is 98.1 cm³/mol. The predicted octanol–water partition coefficient (Wildman–Crippen LogP) is 2.98. The fourth-order valence-corrected chi connectivity index (χ4v) is 3.09. The Kier molecular flexibility index (Phi) is 4.19. The fraction of sp³-hybridized carbons (Fsp3) is 0.150. The lowest BCUT2D eigenvalue weighted by atomic mass is 10.1. The van der Waals surface area contributed by atoms with Crippen molar-refractivity contribution in [2.45, 2.75) is 6.54 Å². The second kappa shape index (κ2) is 6.68. The third-order valence-electron chi connectivity index (χ3n) is 4.43. The largest absolute Gasteiger partial charge is 0.481 e. The first-order valence-electron chi connectivity index (χ1n) is 8.37. The zero-order chi connectivity index (χ0) is 19.0. The zero-order valence-electron chi connectivity index (χ0n) is 14.5. The van der Waals surface area contributed by atoms with E-state index in [9.17, 15) is 14.0 Å². The van der Waals surface area contributed by atoms with Gasteiger partial charge < -0.3 is 15.0 Å². The summed E-state index contributed by atoms with van der Waals surface area (Å²) in [5, 5.41) is 3.52. The van der Waals surface area contributed by atoms with Gasteiger partial charge in [-0.3, -0.25) is 14.6 Å². The maximum absolute atomic E-state index is 14.4. The second-order valence-electron chi connectivity index (χ2n) is 6.31. The Morgan fingerprint density at radius 1 is 1.30 bits per heavy atom. The Labute approximate surface area is 154 Å². The highest BCUT2D eigenvalue weighted by Gasteiger charge is 2.23. The Balaban J connectivity index is 1.63. The molecule has 7 heteroatoms. The number of benzene rings is 2. The summed E-state index contributed by atoms with van der Waals surface area (Å²) in [5.41, 5.74) is 1.90. The smallest absolute Gasteiger partial charge is 0.262 e. The van der Waals surface area contributed by atoms with Crippen LogP contribution in [-0.2, 0) is 11.3 Å². The molecule has 1 aliphatic heterocycles. The molecular formula is C20H16FN3O3. The molecule has 0 aliphatic carbocycles. The van der Waals surface area contributed by atoms with Crippen LogP contribution >= 0.6 is 0 Å². The number of halogens is 1. The third-order valence-corrected chi connectivity index (χ3v) is 4.43. The van der Waals surface area contributed by atoms with Gasteiger partial charge in [0.25, 0.3) is 11.8 Å². The normalized spacial score (nSPS) is 12.9. The summed E-state index contributed by atoms with van der Waals surface area (Å²) in [6.45, 7) is 0.121. The van der Waals surface area contributed by atoms with E-state index in [1.165, 1.54) is 11.0 Å². The molecule has 1 aromatic heterocycles. The van der Waals surface area contributed by atoms with Crippen molar-refractivity contribution >= 4 is 28.4 Å². The van der Waals surface area contributed by atoms with Gasteiger partial charge in [-0.2, -0.15) is 0 Å². The van der Waals surface area contributed by atoms with Crippen LogP contribution in [0.2, 0.25) is 0 Å². The van der Waals surface area contributed by atoms with E-state index < -0.39 is 11.7 Å². The van der Waals surface area contributed by atoms with Crippen molar-refractivity contribution in [2.24, 2.45) is 0 Å². The van der Waals surface area contributed by atoms with Crippen LogP contribution in [0, 0.1) is 5.82 Å². The average molecular weight is 365 g/mol. The van der Waals surface area contributed by atoms with Crippen molar-refractivity contribution in [1.29, 1.82) is 0 Å². The first-order valence-corrected chi connectivity index (χ1v) is 8.37. The highest BCUT2D eigenvalue weighted by atomic mass is 19.1. The number of rotatable bonds is 3. The summed E-state index contributed by atoms with van der Waals surface area (Å²) in [6.07, 6.45) is 1.68. The number of hydrogen-bond acceptors (Lipinski definition) is 4. The van der Waals surface area contributed by atoms with Crippen LogP contribution in [0.15, 0.2) is 48.7 Å². The summed E-state index contributed by atoms with van der Waals surface area (Å²) in [6, 6.07) is 11.9. The molecule has 0 saturated heterocycles. The van der Waals surface area contributed by atoms with Crippen LogP contribution in [0.3, 0.4) is 0 Å². The maximum atomic E-state index is 14.4. The summed E-state index contributed by atoms with van der Waals surface area (Å²) < 4.78 is 19.6. The number of anilines is 1. The van der Waals surface area contributed by atoms with Gasteiger partial charge in [0.2, 0.25) is 0 Å². The zero-order valence-corrected chi connectivity index (χ0v) is 14.5. The summed E-state index contributed by atoms with van der Waals surface area (Å²) >= 11 is 0. The van der Waals surface area contributed by atoms with Crippen LogP contribution < -0.4 is 10.1 Å². The number of carbonyl (C=O) groups is 2. The molecule has 136 valence electrons. The van der Waals surface area contributed by atoms with E-state index in [1.54, 1.807) is 13.2 Å². The molecular weight excluding hydrogens is 349 g/mol. The first kappa shape index (κ1) is 17.0. The van der Waals surface area contributed by atoms with Crippen LogP contribution in [0.1, 0.15) is 15.9 Å². The molecule has 0 saturated carbocycles. The number of nitrogens with one attached hydrogen (secondary N) is 1. The van der Waals surface area contributed by atoms with Crippen molar-refractivity contribution < 1.29 is 18.7 Å². The Hall–Kier alpha value is -3.48. The SMILES string of the molecule is CN(Cc1ccnc2ccccc12)C(=O)c1cc2c(cc1F)OCC(=O)N2. The number of pyridine rings is 1. The van der Waals surface area contributed by atoms with Crippen molar-refractivity contribution in [1.82, 2.24) is 9.88 Å². The molecule has 2 aromatic carbocycles. The molecule has 0 spiro atoms. The van der Waals surface area contributed by atoms with Crippen LogP contribution in [0.5, 0.6) is 5.75 Å². The van der Waals surface area contributed by atoms with Crippen molar-refractivity contribution in [3.63, 3.8) is 0 Å². The van der Waals surface area contributed by atoms with E-state index in [-0.39, 0.29) is 23.8 Å². The Morgan fingerprint density at radius 3 is 2.96 bits per heavy atom. The number of amides is 2. The van der Waals surface area contributed by atoms with Gasteiger partial charge >= 0.3 is 0 Å². The molecule has 2 amide bonds. The fourth-order valence-electron chi connectivity index (χ4n) is 3.09. The molecule has 4 rings (SSSR count). The quantitative estimate of drug-likeness (QED) is 0.775. The topological polar surface area (TPSA) is 71.5 Å². The van der Waals surface area contributed by atoms with Gasteiger partial charge in [-0.05, 0) is 23.8 Å². The third kappa shape index (κ3) is 3.19. The molecule has 0 bridgehead atoms. The van der Waals surface area contributed by atoms with Crippen LogP contribution in [-0.4, -0.2) is 35.4 Å². The molecule has 2 heterocycles. The summed E-state index contributed by atoms with van der Waals surface area (Å²) in [4.78, 5) is 30.0. The number of para-hydroxylation sites is 1. The Morgan fingerprint density at radius 2 is 2.11 bits per heavy atom. The van der Waals surface area contributed by atoms with Gasteiger partial charge in [0.15, 0.2) is 6.61 Å². The Bertz CT molecular complexity index is 1060. The van der Waals surface area contributed by atoms with E-state index in [0.717, 1.165) is 22.5 Å². The van der Waals surface area contributed by atoms with Crippen molar-refractivity contribution in [3.05, 3.63) is 65.6 Å². The standard InChI is InChI=1S/C20H16FN3O3/c1-24(10-12-6-7-22-16-5-3-2-4-13(12)16)20(26)14-8-17-18(9-15(14)21)27-11-19(25)23-17/h2-9H,10-11H2,1H3,(H,23,25). The van der Waals surface area contributed by atoms with Crippen LogP contribution in [0.25, 0.3) is 10.9 Å². The number of nitrogens with zero attached hydrogens (tertiary/aromatic N) is 2. The minimum Gasteiger partial charge on any atom is -0.481 e. The highest BCUT2D eigenvalue weighted by molar-refractivity contribution is 6.00. The number of hydrogen-bond donors (Lipinski definition) is 1. The van der Waals surface area contributed by atoms with E-state index in [0.29, 0.717) is 12.2 Å². The maximum Gasteiger partial charge on any atom is 0.262 e. The second-order valence-corrected chi connectivity index (χ2v) is 6.31. The van der Waals surface area contributed by atoms with E-state index in [4.69, 9.17) is 4.74 Å². The van der Waals surface area contributed by atoms with E-state index in [2.05, 4.69) is 10.3 Å². The van der Waals surface area contributed by atoms with Crippen molar-refractivity contribution in [3.8, 4) is 5.75 Å². The van der Waals surface area contributed by atoms with E-state index in [1.807, 2.05) is 30.3 Å². The number of aromatic nitrogens is 1. The highest BCUT2D eigenvalue weighted by Crippen LogP contribution is 2.31. The van der Waals surface area contributed by atoms with Gasteiger partial charge in [-0.1, -0.05) is 18.2 Å².